The third-order valence-corrected chi connectivity index (χ3v) is 1.99. The minimum Gasteiger partial charge on any atom is -0.201 e. The molecule has 0 amide bonds. The predicted octanol–water partition coefficient (Wildman–Crippen LogP) is 3.39. The van der Waals surface area contributed by atoms with Gasteiger partial charge in [0.05, 0.1) is 6.07 Å². The summed E-state index contributed by atoms with van der Waals surface area (Å²) in [6, 6.07) is 7.95. The summed E-state index contributed by atoms with van der Waals surface area (Å²) < 4.78 is 26.7. The van der Waals surface area contributed by atoms with Gasteiger partial charge < -0.3 is 0 Å². The van der Waals surface area contributed by atoms with Gasteiger partial charge in [-0.05, 0) is 6.92 Å². The van der Waals surface area contributed by atoms with Gasteiger partial charge in [-0.2, -0.15) is 5.26 Å². The van der Waals surface area contributed by atoms with E-state index in [9.17, 15) is 8.78 Å². The Morgan fingerprint density at radius 3 is 2.71 bits per heavy atom. The lowest BCUT2D eigenvalue weighted by Crippen LogP contribution is -2.12. The number of benzene rings is 1. The van der Waals surface area contributed by atoms with Crippen LogP contribution >= 0.6 is 0 Å². The SMILES string of the molecule is Cc1cccc(C(F)(F)CCC#N)c1. The molecule has 0 unspecified atom stereocenters. The van der Waals surface area contributed by atoms with Crippen molar-refractivity contribution in [2.24, 2.45) is 0 Å². The second-order valence-corrected chi connectivity index (χ2v) is 3.23. The molecule has 0 spiro atoms. The Balaban J connectivity index is 2.87. The Bertz CT molecular complexity index is 353. The average Bonchev–Trinajstić information content (AvgIpc) is 2.15. The van der Waals surface area contributed by atoms with Crippen molar-refractivity contribution in [2.75, 3.05) is 0 Å². The van der Waals surface area contributed by atoms with E-state index in [0.717, 1.165) is 5.56 Å². The number of rotatable bonds is 3. The minimum absolute atomic E-state index is 0.00671. The Morgan fingerprint density at radius 2 is 2.14 bits per heavy atom. The Hall–Kier alpha value is -1.43. The Morgan fingerprint density at radius 1 is 1.43 bits per heavy atom. The normalized spacial score (nSPS) is 11.0. The molecule has 0 aliphatic carbocycles. The molecule has 0 radical (unpaired) electrons. The number of hydrogen-bond acceptors (Lipinski definition) is 1. The lowest BCUT2D eigenvalue weighted by Gasteiger charge is -2.15. The molecule has 0 bridgehead atoms. The van der Waals surface area contributed by atoms with Crippen molar-refractivity contribution >= 4 is 0 Å². The third-order valence-electron chi connectivity index (χ3n) is 1.99. The highest BCUT2D eigenvalue weighted by molar-refractivity contribution is 5.25. The molecule has 0 heterocycles. The maximum Gasteiger partial charge on any atom is 0.274 e. The molecule has 14 heavy (non-hydrogen) atoms. The van der Waals surface area contributed by atoms with Crippen LogP contribution in [0, 0.1) is 18.3 Å². The summed E-state index contributed by atoms with van der Waals surface area (Å²) in [5.41, 5.74) is 0.798. The van der Waals surface area contributed by atoms with Crippen LogP contribution in [0.3, 0.4) is 0 Å². The van der Waals surface area contributed by atoms with E-state index in [2.05, 4.69) is 0 Å². The monoisotopic (exact) mass is 195 g/mol. The van der Waals surface area contributed by atoms with Crippen LogP contribution in [0.15, 0.2) is 24.3 Å². The van der Waals surface area contributed by atoms with Crippen molar-refractivity contribution in [3.8, 4) is 6.07 Å². The molecule has 3 heteroatoms. The van der Waals surface area contributed by atoms with Crippen LogP contribution in [0.25, 0.3) is 0 Å². The summed E-state index contributed by atoms with van der Waals surface area (Å²) in [6.07, 6.45) is -0.534. The van der Waals surface area contributed by atoms with Crippen LogP contribution in [-0.2, 0) is 5.92 Å². The first-order chi connectivity index (χ1) is 6.56. The first kappa shape index (κ1) is 10.6. The summed E-state index contributed by atoms with van der Waals surface area (Å²) in [4.78, 5) is 0. The van der Waals surface area contributed by atoms with Crippen LogP contribution in [-0.4, -0.2) is 0 Å². The zero-order chi connectivity index (χ0) is 10.6. The molecule has 0 N–H and O–H groups in total. The summed E-state index contributed by atoms with van der Waals surface area (Å²) >= 11 is 0. The van der Waals surface area contributed by atoms with Crippen molar-refractivity contribution in [1.82, 2.24) is 0 Å². The molecule has 0 fully saturated rings. The van der Waals surface area contributed by atoms with Gasteiger partial charge in [-0.25, -0.2) is 8.78 Å². The molecule has 0 saturated heterocycles. The number of nitrogens with zero attached hydrogens (tertiary/aromatic N) is 1. The third kappa shape index (κ3) is 2.53. The lowest BCUT2D eigenvalue weighted by atomic mass is 10.0. The van der Waals surface area contributed by atoms with Crippen molar-refractivity contribution in [2.45, 2.75) is 25.7 Å². The van der Waals surface area contributed by atoms with Gasteiger partial charge in [0.15, 0.2) is 0 Å². The van der Waals surface area contributed by atoms with E-state index >= 15 is 0 Å². The largest absolute Gasteiger partial charge is 0.274 e. The molecule has 74 valence electrons. The average molecular weight is 195 g/mol. The van der Waals surface area contributed by atoms with Gasteiger partial charge in [-0.3, -0.25) is 0 Å². The molecule has 1 aromatic rings. The number of halogens is 2. The zero-order valence-electron chi connectivity index (χ0n) is 7.93. The first-order valence-electron chi connectivity index (χ1n) is 4.38. The highest BCUT2D eigenvalue weighted by Crippen LogP contribution is 2.32. The second kappa shape index (κ2) is 4.19. The maximum absolute atomic E-state index is 13.4. The van der Waals surface area contributed by atoms with Gasteiger partial charge >= 0.3 is 0 Å². The molecular weight excluding hydrogens is 184 g/mol. The van der Waals surface area contributed by atoms with E-state index < -0.39 is 12.3 Å². The van der Waals surface area contributed by atoms with Crippen molar-refractivity contribution in [3.63, 3.8) is 0 Å². The topological polar surface area (TPSA) is 23.8 Å². The number of hydrogen-bond donors (Lipinski definition) is 0. The van der Waals surface area contributed by atoms with Gasteiger partial charge in [0.1, 0.15) is 0 Å². The van der Waals surface area contributed by atoms with Crippen LogP contribution in [0.1, 0.15) is 24.0 Å². The minimum atomic E-state index is -2.89. The highest BCUT2D eigenvalue weighted by Gasteiger charge is 2.30. The van der Waals surface area contributed by atoms with Crippen LogP contribution in [0.4, 0.5) is 8.78 Å². The Labute approximate surface area is 82.0 Å². The first-order valence-corrected chi connectivity index (χ1v) is 4.38. The van der Waals surface area contributed by atoms with Gasteiger partial charge in [0.25, 0.3) is 5.92 Å². The molecule has 0 aliphatic rings. The van der Waals surface area contributed by atoms with Crippen molar-refractivity contribution < 1.29 is 8.78 Å². The molecular formula is C11H11F2N. The molecule has 1 aromatic carbocycles. The molecule has 1 nitrogen and oxygen atoms in total. The highest BCUT2D eigenvalue weighted by atomic mass is 19.3. The molecule has 0 aromatic heterocycles. The lowest BCUT2D eigenvalue weighted by molar-refractivity contribution is -0.0120. The number of aryl methyl sites for hydroxylation is 1. The number of alkyl halides is 2. The van der Waals surface area contributed by atoms with Crippen LogP contribution in [0.5, 0.6) is 0 Å². The summed E-state index contributed by atoms with van der Waals surface area (Å²) in [7, 11) is 0. The standard InChI is InChI=1S/C11H11F2N/c1-9-4-2-5-10(8-9)11(12,13)6-3-7-14/h2,4-5,8H,3,6H2,1H3. The van der Waals surface area contributed by atoms with Gasteiger partial charge in [-0.1, -0.05) is 29.8 Å². The summed E-state index contributed by atoms with van der Waals surface area (Å²) in [5, 5.41) is 8.25. The van der Waals surface area contributed by atoms with Crippen LogP contribution < -0.4 is 0 Å². The fraction of sp³-hybridized carbons (Fsp3) is 0.364. The van der Waals surface area contributed by atoms with Gasteiger partial charge in [-0.15, -0.1) is 0 Å². The molecule has 0 aliphatic heterocycles. The van der Waals surface area contributed by atoms with E-state index in [-0.39, 0.29) is 12.0 Å². The molecule has 0 saturated carbocycles. The quantitative estimate of drug-likeness (QED) is 0.725. The van der Waals surface area contributed by atoms with E-state index in [4.69, 9.17) is 5.26 Å². The van der Waals surface area contributed by atoms with Crippen molar-refractivity contribution in [1.29, 1.82) is 5.26 Å². The predicted molar refractivity (Wildman–Crippen MR) is 49.9 cm³/mol. The molecule has 0 atom stereocenters. The van der Waals surface area contributed by atoms with Gasteiger partial charge in [0, 0.05) is 18.4 Å². The summed E-state index contributed by atoms with van der Waals surface area (Å²) in [6.45, 7) is 1.77. The molecule has 1 rings (SSSR count). The second-order valence-electron chi connectivity index (χ2n) is 3.23. The maximum atomic E-state index is 13.4. The van der Waals surface area contributed by atoms with E-state index in [1.54, 1.807) is 25.1 Å². The zero-order valence-corrected chi connectivity index (χ0v) is 7.93. The van der Waals surface area contributed by atoms with Gasteiger partial charge in [0.2, 0.25) is 0 Å². The van der Waals surface area contributed by atoms with E-state index in [1.165, 1.54) is 12.1 Å². The fourth-order valence-electron chi connectivity index (χ4n) is 1.23. The van der Waals surface area contributed by atoms with Crippen LogP contribution in [0.2, 0.25) is 0 Å². The Kier molecular flexibility index (Phi) is 3.19. The van der Waals surface area contributed by atoms with E-state index in [0.29, 0.717) is 0 Å². The summed E-state index contributed by atoms with van der Waals surface area (Å²) in [5.74, 6) is -2.89. The van der Waals surface area contributed by atoms with Crippen molar-refractivity contribution in [3.05, 3.63) is 35.4 Å². The fourth-order valence-corrected chi connectivity index (χ4v) is 1.23. The van der Waals surface area contributed by atoms with E-state index in [1.807, 2.05) is 0 Å². The number of nitriles is 1. The smallest absolute Gasteiger partial charge is 0.201 e.